The molecular weight excluding hydrogens is 366 g/mol. The maximum Gasteiger partial charge on any atom is 0.218 e. The van der Waals surface area contributed by atoms with Crippen LogP contribution in [0.15, 0.2) is 30.6 Å². The van der Waals surface area contributed by atoms with Gasteiger partial charge in [0.25, 0.3) is 0 Å². The van der Waals surface area contributed by atoms with E-state index in [1.54, 1.807) is 22.8 Å². The van der Waals surface area contributed by atoms with E-state index in [-0.39, 0.29) is 6.04 Å². The van der Waals surface area contributed by atoms with Crippen molar-refractivity contribution in [2.75, 3.05) is 12.8 Å². The Hall–Kier alpha value is -3.70. The number of hydrogen-bond donors (Lipinski definition) is 2. The predicted octanol–water partition coefficient (Wildman–Crippen LogP) is 2.85. The molecule has 3 N–H and O–H groups in total. The molecule has 0 radical (unpaired) electrons. The quantitative estimate of drug-likeness (QED) is 0.509. The highest BCUT2D eigenvalue weighted by molar-refractivity contribution is 6.05. The summed E-state index contributed by atoms with van der Waals surface area (Å²) in [5.41, 5.74) is 10.8. The highest BCUT2D eigenvalue weighted by Gasteiger charge is 2.25. The van der Waals surface area contributed by atoms with E-state index < -0.39 is 0 Å². The van der Waals surface area contributed by atoms with Crippen LogP contribution >= 0.6 is 0 Å². The number of nitrogens with one attached hydrogen (secondary N) is 1. The summed E-state index contributed by atoms with van der Waals surface area (Å²) in [4.78, 5) is 20.8. The number of aromatic nitrogens is 4. The van der Waals surface area contributed by atoms with Gasteiger partial charge in [0.2, 0.25) is 6.41 Å². The molecule has 8 nitrogen and oxygen atoms in total. The van der Waals surface area contributed by atoms with Crippen LogP contribution in [0.4, 0.5) is 5.82 Å². The third-order valence-corrected chi connectivity index (χ3v) is 5.10. The standard InChI is InChI=1S/C21H21N7O/c1-12(2)28-17(9-24-3)18(19-20(23)25-10-26-21(19)28)16-7-14-6-13(8-22)4-5-15(14)27(16)11-29/h4-7,10-12,24H,9H2,1-3H3,(H2,23,25,26). The monoisotopic (exact) mass is 387 g/mol. The molecule has 0 aliphatic rings. The van der Waals surface area contributed by atoms with Gasteiger partial charge in [0, 0.05) is 29.2 Å². The van der Waals surface area contributed by atoms with Crippen LogP contribution in [0, 0.1) is 11.3 Å². The van der Waals surface area contributed by atoms with E-state index >= 15 is 0 Å². The smallest absolute Gasteiger partial charge is 0.218 e. The van der Waals surface area contributed by atoms with Gasteiger partial charge in [-0.15, -0.1) is 0 Å². The van der Waals surface area contributed by atoms with Crippen molar-refractivity contribution in [3.05, 3.63) is 41.9 Å². The van der Waals surface area contributed by atoms with Crippen LogP contribution < -0.4 is 11.1 Å². The molecule has 146 valence electrons. The molecule has 0 bridgehead atoms. The summed E-state index contributed by atoms with van der Waals surface area (Å²) < 4.78 is 3.70. The molecule has 29 heavy (non-hydrogen) atoms. The van der Waals surface area contributed by atoms with Crippen LogP contribution in [0.1, 0.15) is 31.1 Å². The van der Waals surface area contributed by atoms with Gasteiger partial charge in [0.05, 0.1) is 28.2 Å². The number of nitrogens with two attached hydrogens (primary N) is 1. The maximum atomic E-state index is 12.1. The summed E-state index contributed by atoms with van der Waals surface area (Å²) in [5, 5.41) is 14.0. The number of carbonyl (C=O) groups is 1. The average molecular weight is 387 g/mol. The van der Waals surface area contributed by atoms with Crippen LogP contribution in [0.2, 0.25) is 0 Å². The minimum atomic E-state index is 0.128. The molecule has 0 saturated heterocycles. The second-order valence-electron chi connectivity index (χ2n) is 7.16. The lowest BCUT2D eigenvalue weighted by molar-refractivity contribution is 0.549. The first-order chi connectivity index (χ1) is 14.0. The highest BCUT2D eigenvalue weighted by atomic mass is 16.1. The van der Waals surface area contributed by atoms with E-state index in [1.165, 1.54) is 6.33 Å². The molecule has 0 atom stereocenters. The van der Waals surface area contributed by atoms with Gasteiger partial charge >= 0.3 is 0 Å². The molecule has 0 aliphatic heterocycles. The van der Waals surface area contributed by atoms with Gasteiger partial charge in [-0.1, -0.05) is 0 Å². The van der Waals surface area contributed by atoms with Crippen LogP contribution in [-0.4, -0.2) is 32.6 Å². The summed E-state index contributed by atoms with van der Waals surface area (Å²) in [7, 11) is 1.87. The Kier molecular flexibility index (Phi) is 4.53. The lowest BCUT2D eigenvalue weighted by atomic mass is 10.1. The minimum absolute atomic E-state index is 0.128. The number of rotatable bonds is 5. The van der Waals surface area contributed by atoms with Gasteiger partial charge in [-0.3, -0.25) is 9.36 Å². The molecule has 0 unspecified atom stereocenters. The molecule has 0 spiro atoms. The first kappa shape index (κ1) is 18.7. The highest BCUT2D eigenvalue weighted by Crippen LogP contribution is 2.40. The Labute approximate surface area is 167 Å². The first-order valence-electron chi connectivity index (χ1n) is 9.30. The van der Waals surface area contributed by atoms with Crippen LogP contribution in [-0.2, 0) is 11.3 Å². The summed E-state index contributed by atoms with van der Waals surface area (Å²) in [5.74, 6) is 0.363. The fraction of sp³-hybridized carbons (Fsp3) is 0.238. The van der Waals surface area contributed by atoms with Crippen molar-refractivity contribution in [1.29, 1.82) is 5.26 Å². The third-order valence-electron chi connectivity index (χ3n) is 5.10. The van der Waals surface area contributed by atoms with E-state index in [0.717, 1.165) is 39.6 Å². The van der Waals surface area contributed by atoms with Gasteiger partial charge < -0.3 is 15.6 Å². The van der Waals surface area contributed by atoms with Gasteiger partial charge in [0.15, 0.2) is 0 Å². The third kappa shape index (κ3) is 2.75. The lowest BCUT2D eigenvalue weighted by Crippen LogP contribution is -2.14. The Balaban J connectivity index is 2.18. The van der Waals surface area contributed by atoms with Gasteiger partial charge in [-0.05, 0) is 45.2 Å². The summed E-state index contributed by atoms with van der Waals surface area (Å²) in [6.07, 6.45) is 2.24. The number of nitriles is 1. The van der Waals surface area contributed by atoms with E-state index in [9.17, 15) is 10.1 Å². The Morgan fingerprint density at radius 2 is 2.10 bits per heavy atom. The van der Waals surface area contributed by atoms with Gasteiger partial charge in [-0.25, -0.2) is 9.97 Å². The Bertz CT molecular complexity index is 1290. The Morgan fingerprint density at radius 1 is 1.31 bits per heavy atom. The fourth-order valence-electron chi connectivity index (χ4n) is 3.99. The number of fused-ring (bicyclic) bond motifs is 2. The topological polar surface area (TPSA) is 115 Å². The molecule has 3 aromatic heterocycles. The van der Waals surface area contributed by atoms with Crippen LogP contribution in [0.5, 0.6) is 0 Å². The van der Waals surface area contributed by atoms with Crippen LogP contribution in [0.3, 0.4) is 0 Å². The number of nitrogens with zero attached hydrogens (tertiary/aromatic N) is 5. The summed E-state index contributed by atoms with van der Waals surface area (Å²) >= 11 is 0. The number of nitrogen functional groups attached to an aromatic ring is 1. The largest absolute Gasteiger partial charge is 0.383 e. The SMILES string of the molecule is CNCc1c(-c2cc3cc(C#N)ccc3n2C=O)c2c(N)ncnc2n1C(C)C. The zero-order valence-electron chi connectivity index (χ0n) is 16.5. The molecule has 0 saturated carbocycles. The van der Waals surface area contributed by atoms with Crippen molar-refractivity contribution in [2.24, 2.45) is 0 Å². The normalized spacial score (nSPS) is 11.4. The zero-order valence-corrected chi connectivity index (χ0v) is 16.5. The van der Waals surface area contributed by atoms with E-state index in [2.05, 4.69) is 39.8 Å². The van der Waals surface area contributed by atoms with Crippen molar-refractivity contribution < 1.29 is 4.79 Å². The molecule has 1 aromatic carbocycles. The minimum Gasteiger partial charge on any atom is -0.383 e. The van der Waals surface area contributed by atoms with Crippen molar-refractivity contribution in [3.8, 4) is 17.3 Å². The van der Waals surface area contributed by atoms with Gasteiger partial charge in [0.1, 0.15) is 17.8 Å². The predicted molar refractivity (Wildman–Crippen MR) is 113 cm³/mol. The fourth-order valence-corrected chi connectivity index (χ4v) is 3.99. The van der Waals surface area contributed by atoms with Crippen molar-refractivity contribution in [2.45, 2.75) is 26.4 Å². The van der Waals surface area contributed by atoms with Crippen molar-refractivity contribution >= 4 is 34.2 Å². The lowest BCUT2D eigenvalue weighted by Gasteiger charge is -2.15. The molecule has 0 amide bonds. The summed E-state index contributed by atoms with van der Waals surface area (Å²) in [6, 6.07) is 9.45. The van der Waals surface area contributed by atoms with Crippen molar-refractivity contribution in [1.82, 2.24) is 24.4 Å². The maximum absolute atomic E-state index is 12.1. The molecule has 0 aliphatic carbocycles. The number of benzene rings is 1. The van der Waals surface area contributed by atoms with Crippen LogP contribution in [0.25, 0.3) is 33.2 Å². The molecule has 3 heterocycles. The number of hydrogen-bond acceptors (Lipinski definition) is 6. The van der Waals surface area contributed by atoms with Gasteiger partial charge in [-0.2, -0.15) is 5.26 Å². The second-order valence-corrected chi connectivity index (χ2v) is 7.16. The zero-order chi connectivity index (χ0) is 20.7. The average Bonchev–Trinajstić information content (AvgIpc) is 3.23. The van der Waals surface area contributed by atoms with E-state index in [1.807, 2.05) is 13.1 Å². The number of anilines is 1. The second kappa shape index (κ2) is 7.04. The van der Waals surface area contributed by atoms with E-state index in [4.69, 9.17) is 5.73 Å². The van der Waals surface area contributed by atoms with Crippen molar-refractivity contribution in [3.63, 3.8) is 0 Å². The molecular formula is C21H21N7O. The first-order valence-corrected chi connectivity index (χ1v) is 9.30. The molecule has 4 rings (SSSR count). The molecule has 8 heteroatoms. The molecule has 0 fully saturated rings. The number of carbonyl (C=O) groups excluding carboxylic acids is 1. The Morgan fingerprint density at radius 3 is 2.76 bits per heavy atom. The summed E-state index contributed by atoms with van der Waals surface area (Å²) in [6.45, 7) is 4.72. The molecule has 4 aromatic rings. The van der Waals surface area contributed by atoms with E-state index in [0.29, 0.717) is 23.6 Å².